The molecular weight excluding hydrogens is 222 g/mol. The van der Waals surface area contributed by atoms with Gasteiger partial charge in [-0.15, -0.1) is 12.4 Å². The summed E-state index contributed by atoms with van der Waals surface area (Å²) in [6, 6.07) is 0. The van der Waals surface area contributed by atoms with E-state index in [1.165, 1.54) is 19.3 Å². The van der Waals surface area contributed by atoms with Crippen LogP contribution < -0.4 is 5.32 Å². The van der Waals surface area contributed by atoms with Crippen LogP contribution in [0.2, 0.25) is 0 Å². The van der Waals surface area contributed by atoms with Crippen molar-refractivity contribution >= 4 is 12.4 Å². The van der Waals surface area contributed by atoms with Crippen LogP contribution in [0.1, 0.15) is 46.5 Å². The molecule has 2 N–H and O–H groups in total. The van der Waals surface area contributed by atoms with E-state index in [0.29, 0.717) is 17.4 Å². The Kier molecular flexibility index (Phi) is 3.70. The molecule has 0 aromatic heterocycles. The average molecular weight is 248 g/mol. The summed E-state index contributed by atoms with van der Waals surface area (Å²) in [5, 5.41) is 12.9. The molecule has 3 unspecified atom stereocenters. The van der Waals surface area contributed by atoms with Crippen molar-refractivity contribution in [2.24, 2.45) is 16.7 Å². The van der Waals surface area contributed by atoms with Crippen molar-refractivity contribution in [3.63, 3.8) is 0 Å². The summed E-state index contributed by atoms with van der Waals surface area (Å²) in [6.07, 6.45) is 4.92. The summed E-state index contributed by atoms with van der Waals surface area (Å²) in [7, 11) is 2.07. The minimum absolute atomic E-state index is 0. The fourth-order valence-electron chi connectivity index (χ4n) is 4.91. The van der Waals surface area contributed by atoms with Gasteiger partial charge in [-0.05, 0) is 49.5 Å². The van der Waals surface area contributed by atoms with Gasteiger partial charge in [0.05, 0.1) is 0 Å². The van der Waals surface area contributed by atoms with Crippen molar-refractivity contribution in [3.05, 3.63) is 0 Å². The first-order valence-corrected chi connectivity index (χ1v) is 6.23. The van der Waals surface area contributed by atoms with Gasteiger partial charge in [0.2, 0.25) is 0 Å². The molecule has 0 heterocycles. The van der Waals surface area contributed by atoms with E-state index in [-0.39, 0.29) is 17.9 Å². The van der Waals surface area contributed by atoms with Gasteiger partial charge in [-0.1, -0.05) is 20.8 Å². The molecule has 0 saturated heterocycles. The Bertz CT molecular complexity index is 262. The Labute approximate surface area is 106 Å². The Hall–Kier alpha value is 0.210. The number of hydrogen-bond acceptors (Lipinski definition) is 2. The zero-order valence-corrected chi connectivity index (χ0v) is 11.8. The largest absolute Gasteiger partial charge is 0.396 e. The lowest BCUT2D eigenvalue weighted by Crippen LogP contribution is -2.62. The van der Waals surface area contributed by atoms with Gasteiger partial charge in [0, 0.05) is 12.1 Å². The molecule has 0 aliphatic heterocycles. The van der Waals surface area contributed by atoms with Crippen LogP contribution in [0.4, 0.5) is 0 Å². The normalized spacial score (nSPS) is 44.4. The number of halogens is 1. The van der Waals surface area contributed by atoms with E-state index in [9.17, 15) is 5.11 Å². The Morgan fingerprint density at radius 2 is 1.94 bits per heavy atom. The topological polar surface area (TPSA) is 32.3 Å². The molecular formula is C13H26ClNO. The molecule has 96 valence electrons. The van der Waals surface area contributed by atoms with E-state index in [0.717, 1.165) is 12.3 Å². The van der Waals surface area contributed by atoms with Gasteiger partial charge in [0.15, 0.2) is 0 Å². The lowest BCUT2D eigenvalue weighted by atomic mass is 9.57. The molecule has 0 spiro atoms. The zero-order chi connectivity index (χ0) is 11.3. The first-order valence-electron chi connectivity index (χ1n) is 6.23. The summed E-state index contributed by atoms with van der Waals surface area (Å²) in [6.45, 7) is 7.48. The highest BCUT2D eigenvalue weighted by molar-refractivity contribution is 5.85. The van der Waals surface area contributed by atoms with E-state index in [1.54, 1.807) is 0 Å². The zero-order valence-electron chi connectivity index (χ0n) is 11.0. The van der Waals surface area contributed by atoms with Crippen LogP contribution in [0.15, 0.2) is 0 Å². The summed E-state index contributed by atoms with van der Waals surface area (Å²) in [5.41, 5.74) is 0.841. The summed E-state index contributed by atoms with van der Waals surface area (Å²) >= 11 is 0. The van der Waals surface area contributed by atoms with E-state index in [4.69, 9.17) is 0 Å². The first-order chi connectivity index (χ1) is 6.93. The fraction of sp³-hybridized carbons (Fsp3) is 1.00. The highest BCUT2D eigenvalue weighted by atomic mass is 35.5. The van der Waals surface area contributed by atoms with Crippen LogP contribution in [0, 0.1) is 16.7 Å². The molecule has 2 aliphatic rings. The Morgan fingerprint density at radius 1 is 1.31 bits per heavy atom. The lowest BCUT2D eigenvalue weighted by molar-refractivity contribution is -0.00817. The second kappa shape index (κ2) is 4.15. The first kappa shape index (κ1) is 14.3. The van der Waals surface area contributed by atoms with Gasteiger partial charge >= 0.3 is 0 Å². The van der Waals surface area contributed by atoms with Crippen molar-refractivity contribution in [2.75, 3.05) is 13.7 Å². The van der Waals surface area contributed by atoms with Gasteiger partial charge in [0.25, 0.3) is 0 Å². The molecule has 2 aliphatic carbocycles. The number of aliphatic hydroxyl groups excluding tert-OH is 1. The Balaban J connectivity index is 0.00000128. The molecule has 0 aromatic carbocycles. The molecule has 0 amide bonds. The molecule has 2 rings (SSSR count). The van der Waals surface area contributed by atoms with E-state index >= 15 is 0 Å². The van der Waals surface area contributed by atoms with Crippen molar-refractivity contribution in [1.29, 1.82) is 0 Å². The van der Waals surface area contributed by atoms with Crippen molar-refractivity contribution in [3.8, 4) is 0 Å². The third-order valence-corrected chi connectivity index (χ3v) is 5.81. The lowest BCUT2D eigenvalue weighted by Gasteiger charge is -2.54. The number of aliphatic hydroxyl groups is 1. The Morgan fingerprint density at radius 3 is 2.31 bits per heavy atom. The monoisotopic (exact) mass is 247 g/mol. The SMILES string of the molecule is CNC1(CCO)C2(C)CCC(C2)C1(C)C.Cl. The fourth-order valence-corrected chi connectivity index (χ4v) is 4.91. The molecule has 0 aromatic rings. The van der Waals surface area contributed by atoms with Crippen LogP contribution >= 0.6 is 12.4 Å². The van der Waals surface area contributed by atoms with E-state index in [1.807, 2.05) is 0 Å². The minimum Gasteiger partial charge on any atom is -0.396 e. The van der Waals surface area contributed by atoms with Crippen molar-refractivity contribution in [2.45, 2.75) is 52.0 Å². The number of rotatable bonds is 3. The van der Waals surface area contributed by atoms with Gasteiger partial charge in [-0.2, -0.15) is 0 Å². The maximum atomic E-state index is 9.36. The average Bonchev–Trinajstić information content (AvgIpc) is 2.63. The highest BCUT2D eigenvalue weighted by Crippen LogP contribution is 2.68. The van der Waals surface area contributed by atoms with Gasteiger partial charge in [0.1, 0.15) is 0 Å². The van der Waals surface area contributed by atoms with Gasteiger partial charge in [-0.3, -0.25) is 0 Å². The van der Waals surface area contributed by atoms with E-state index < -0.39 is 0 Å². The van der Waals surface area contributed by atoms with E-state index in [2.05, 4.69) is 33.1 Å². The predicted octanol–water partition coefficient (Wildman–Crippen LogP) is 2.60. The third-order valence-electron chi connectivity index (χ3n) is 5.81. The molecule has 3 atom stereocenters. The van der Waals surface area contributed by atoms with Gasteiger partial charge in [-0.25, -0.2) is 0 Å². The molecule has 2 fully saturated rings. The van der Waals surface area contributed by atoms with Crippen LogP contribution in [0.3, 0.4) is 0 Å². The predicted molar refractivity (Wildman–Crippen MR) is 70.0 cm³/mol. The number of hydrogen-bond donors (Lipinski definition) is 2. The second-order valence-electron chi connectivity index (χ2n) is 6.35. The maximum absolute atomic E-state index is 9.36. The quantitative estimate of drug-likeness (QED) is 0.804. The number of fused-ring (bicyclic) bond motifs is 2. The van der Waals surface area contributed by atoms with Crippen LogP contribution in [-0.2, 0) is 0 Å². The standard InChI is InChI=1S/C13H25NO.ClH/c1-11(2)10-5-6-12(3,9-10)13(11,14-4)7-8-15;/h10,14-15H,5-9H2,1-4H3;1H. The van der Waals surface area contributed by atoms with Crippen LogP contribution in [0.5, 0.6) is 0 Å². The number of nitrogens with one attached hydrogen (secondary N) is 1. The van der Waals surface area contributed by atoms with Crippen molar-refractivity contribution in [1.82, 2.24) is 5.32 Å². The van der Waals surface area contributed by atoms with Crippen LogP contribution in [-0.4, -0.2) is 24.3 Å². The minimum atomic E-state index is 0. The molecule has 2 nitrogen and oxygen atoms in total. The highest BCUT2D eigenvalue weighted by Gasteiger charge is 2.67. The second-order valence-corrected chi connectivity index (χ2v) is 6.35. The molecule has 2 saturated carbocycles. The smallest absolute Gasteiger partial charge is 0.0449 e. The van der Waals surface area contributed by atoms with Crippen molar-refractivity contribution < 1.29 is 5.11 Å². The summed E-state index contributed by atoms with van der Waals surface area (Å²) < 4.78 is 0. The summed E-state index contributed by atoms with van der Waals surface area (Å²) in [5.74, 6) is 0.835. The molecule has 2 bridgehead atoms. The molecule has 16 heavy (non-hydrogen) atoms. The van der Waals surface area contributed by atoms with Gasteiger partial charge < -0.3 is 10.4 Å². The molecule has 0 radical (unpaired) electrons. The maximum Gasteiger partial charge on any atom is 0.0449 e. The van der Waals surface area contributed by atoms with Crippen LogP contribution in [0.25, 0.3) is 0 Å². The molecule has 3 heteroatoms. The summed E-state index contributed by atoms with van der Waals surface area (Å²) in [4.78, 5) is 0. The third kappa shape index (κ3) is 1.39.